The molecule has 0 saturated heterocycles. The topological polar surface area (TPSA) is 120 Å². The van der Waals surface area contributed by atoms with E-state index in [1.54, 1.807) is 24.3 Å². The zero-order chi connectivity index (χ0) is 24.4. The first-order valence-corrected chi connectivity index (χ1v) is 12.8. The number of aromatic nitrogens is 2. The Hall–Kier alpha value is -2.53. The summed E-state index contributed by atoms with van der Waals surface area (Å²) in [7, 11) is -6.25. The number of imidazole rings is 1. The van der Waals surface area contributed by atoms with Gasteiger partial charge < -0.3 is 4.55 Å². The smallest absolute Gasteiger partial charge is 0.294 e. The number of hydrogen-bond acceptors (Lipinski definition) is 5. The highest BCUT2D eigenvalue weighted by Crippen LogP contribution is 2.09. The molecular weight excluding hydrogens is 452 g/mol. The molecule has 32 heavy (non-hydrogen) atoms. The molecule has 10 heteroatoms. The van der Waals surface area contributed by atoms with E-state index in [1.807, 2.05) is 20.9 Å². The Morgan fingerprint density at radius 1 is 0.906 bits per heavy atom. The Balaban J connectivity index is 0.000000240. The Morgan fingerprint density at radius 2 is 1.38 bits per heavy atom. The summed E-state index contributed by atoms with van der Waals surface area (Å²) in [6, 6.07) is 11.8. The van der Waals surface area contributed by atoms with Crippen LogP contribution in [-0.2, 0) is 33.8 Å². The van der Waals surface area contributed by atoms with Crippen LogP contribution >= 0.6 is 0 Å². The first-order chi connectivity index (χ1) is 14.8. The Labute approximate surface area is 190 Å². The summed E-state index contributed by atoms with van der Waals surface area (Å²) in [5.41, 5.74) is 1.88. The van der Waals surface area contributed by atoms with E-state index in [9.17, 15) is 21.4 Å². The molecule has 0 aliphatic rings. The molecule has 1 heterocycles. The van der Waals surface area contributed by atoms with Gasteiger partial charge in [0.1, 0.15) is 22.5 Å². The number of hydrogen-bond donors (Lipinski definition) is 1. The summed E-state index contributed by atoms with van der Waals surface area (Å²) in [6.45, 7) is 7.02. The number of benzene rings is 2. The maximum Gasteiger partial charge on any atom is 0.294 e. The Kier molecular flexibility index (Phi) is 10.7. The average molecular weight is 483 g/mol. The lowest BCUT2D eigenvalue weighted by Gasteiger charge is -2.05. The van der Waals surface area contributed by atoms with E-state index in [1.165, 1.54) is 37.1 Å². The maximum absolute atomic E-state index is 10.5. The molecule has 0 aliphatic heterocycles. The largest absolute Gasteiger partial charge is 0.744 e. The van der Waals surface area contributed by atoms with Crippen LogP contribution in [0.4, 0.5) is 0 Å². The van der Waals surface area contributed by atoms with E-state index in [4.69, 9.17) is 4.55 Å². The number of rotatable bonds is 5. The lowest BCUT2D eigenvalue weighted by atomic mass is 10.2. The summed E-state index contributed by atoms with van der Waals surface area (Å²) in [5.74, 6) is 0. The highest BCUT2D eigenvalue weighted by Gasteiger charge is 2.06. The normalized spacial score (nSPS) is 11.1. The van der Waals surface area contributed by atoms with Crippen LogP contribution in [-0.4, -0.2) is 30.5 Å². The molecule has 0 bridgehead atoms. The molecule has 0 saturated carbocycles. The van der Waals surface area contributed by atoms with Gasteiger partial charge in [0, 0.05) is 0 Å². The second kappa shape index (κ2) is 12.5. The predicted octanol–water partition coefficient (Wildman–Crippen LogP) is 3.25. The lowest BCUT2D eigenvalue weighted by Crippen LogP contribution is -2.23. The summed E-state index contributed by atoms with van der Waals surface area (Å²) < 4.78 is 65.0. The van der Waals surface area contributed by atoms with Gasteiger partial charge in [-0.25, -0.2) is 17.6 Å². The minimum atomic E-state index is -4.27. The summed E-state index contributed by atoms with van der Waals surface area (Å²) in [6.07, 6.45) is 8.82. The molecule has 0 unspecified atom stereocenters. The summed E-state index contributed by atoms with van der Waals surface area (Å²) in [5, 5.41) is 0. The molecule has 0 radical (unpaired) electrons. The van der Waals surface area contributed by atoms with Crippen molar-refractivity contribution in [2.75, 3.05) is 0 Å². The van der Waals surface area contributed by atoms with Crippen LogP contribution in [0, 0.1) is 13.8 Å². The van der Waals surface area contributed by atoms with E-state index >= 15 is 0 Å². The van der Waals surface area contributed by atoms with Gasteiger partial charge in [-0.1, -0.05) is 48.7 Å². The number of aryl methyl sites for hydroxylation is 4. The molecular formula is C22H30N2O6S2. The monoisotopic (exact) mass is 482 g/mol. The van der Waals surface area contributed by atoms with E-state index < -0.39 is 20.2 Å². The third kappa shape index (κ3) is 10.7. The van der Waals surface area contributed by atoms with Crippen molar-refractivity contribution < 1.29 is 30.5 Å². The molecule has 1 aromatic heterocycles. The van der Waals surface area contributed by atoms with Gasteiger partial charge in [0.25, 0.3) is 10.1 Å². The van der Waals surface area contributed by atoms with Crippen molar-refractivity contribution >= 4 is 20.2 Å². The quantitative estimate of drug-likeness (QED) is 0.440. The van der Waals surface area contributed by atoms with Crippen LogP contribution in [0.15, 0.2) is 77.0 Å². The SMILES string of the molecule is CCCCn1cc[n+](C)c1.Cc1ccc(S(=O)(=O)O)cc1.Cc1ccc(S(=O)(=O)[O-])cc1. The van der Waals surface area contributed by atoms with Crippen LogP contribution in [0.1, 0.15) is 30.9 Å². The third-order valence-electron chi connectivity index (χ3n) is 4.22. The molecule has 0 atom stereocenters. The molecule has 2 aromatic carbocycles. The zero-order valence-corrected chi connectivity index (χ0v) is 20.3. The second-order valence-electron chi connectivity index (χ2n) is 7.23. The van der Waals surface area contributed by atoms with Gasteiger partial charge >= 0.3 is 0 Å². The maximum atomic E-state index is 10.5. The van der Waals surface area contributed by atoms with Crippen molar-refractivity contribution in [3.8, 4) is 0 Å². The first-order valence-electron chi connectivity index (χ1n) is 9.90. The Morgan fingerprint density at radius 3 is 1.72 bits per heavy atom. The van der Waals surface area contributed by atoms with E-state index in [0.717, 1.165) is 17.7 Å². The van der Waals surface area contributed by atoms with Gasteiger partial charge in [-0.05, 0) is 44.5 Å². The van der Waals surface area contributed by atoms with Gasteiger partial charge in [0.05, 0.1) is 23.4 Å². The van der Waals surface area contributed by atoms with Crippen molar-refractivity contribution in [1.82, 2.24) is 4.57 Å². The minimum absolute atomic E-state index is 0.0666. The molecule has 1 N–H and O–H groups in total. The zero-order valence-electron chi connectivity index (χ0n) is 18.7. The number of nitrogens with zero attached hydrogens (tertiary/aromatic N) is 2. The molecule has 8 nitrogen and oxygen atoms in total. The standard InChI is InChI=1S/C8H15N2.2C7H8O3S/c1-3-4-5-10-7-6-9(2)8-10;2*1-6-2-4-7(5-3-6)11(8,9)10/h6-8H,3-5H2,1-2H3;2*2-5H,1H3,(H,8,9,10)/q+1;;/p-1. The minimum Gasteiger partial charge on any atom is -0.744 e. The van der Waals surface area contributed by atoms with Crippen LogP contribution in [0.25, 0.3) is 0 Å². The van der Waals surface area contributed by atoms with Gasteiger partial charge in [-0.2, -0.15) is 8.42 Å². The fraction of sp³-hybridized carbons (Fsp3) is 0.318. The van der Waals surface area contributed by atoms with Crippen LogP contribution in [0.2, 0.25) is 0 Å². The summed E-state index contributed by atoms with van der Waals surface area (Å²) >= 11 is 0. The summed E-state index contributed by atoms with van der Waals surface area (Å²) in [4.78, 5) is -0.244. The van der Waals surface area contributed by atoms with Crippen molar-refractivity contribution in [2.45, 2.75) is 49.9 Å². The van der Waals surface area contributed by atoms with Crippen molar-refractivity contribution in [3.63, 3.8) is 0 Å². The van der Waals surface area contributed by atoms with Gasteiger partial charge in [0.15, 0.2) is 0 Å². The molecule has 3 aromatic rings. The molecule has 0 fully saturated rings. The van der Waals surface area contributed by atoms with Crippen molar-refractivity contribution in [3.05, 3.63) is 78.4 Å². The van der Waals surface area contributed by atoms with Crippen LogP contribution < -0.4 is 4.57 Å². The molecule has 0 amide bonds. The second-order valence-corrected chi connectivity index (χ2v) is 10.0. The lowest BCUT2D eigenvalue weighted by molar-refractivity contribution is -0.671. The fourth-order valence-electron chi connectivity index (χ4n) is 2.39. The van der Waals surface area contributed by atoms with Crippen LogP contribution in [0.5, 0.6) is 0 Å². The number of unbranched alkanes of at least 4 members (excludes halogenated alkanes) is 1. The molecule has 176 valence electrons. The first kappa shape index (κ1) is 27.5. The molecule has 0 spiro atoms. The van der Waals surface area contributed by atoms with Gasteiger partial charge in [-0.15, -0.1) is 0 Å². The van der Waals surface area contributed by atoms with E-state index in [2.05, 4.69) is 34.8 Å². The van der Waals surface area contributed by atoms with Crippen LogP contribution in [0.3, 0.4) is 0 Å². The molecule has 0 aliphatic carbocycles. The average Bonchev–Trinajstić information content (AvgIpc) is 3.12. The van der Waals surface area contributed by atoms with Gasteiger partial charge in [-0.3, -0.25) is 4.55 Å². The van der Waals surface area contributed by atoms with E-state index in [-0.39, 0.29) is 9.79 Å². The highest BCUT2D eigenvalue weighted by molar-refractivity contribution is 7.86. The van der Waals surface area contributed by atoms with Crippen molar-refractivity contribution in [2.24, 2.45) is 7.05 Å². The Bertz CT molecular complexity index is 1090. The molecule has 3 rings (SSSR count). The fourth-order valence-corrected chi connectivity index (χ4v) is 3.34. The van der Waals surface area contributed by atoms with Gasteiger partial charge in [0.2, 0.25) is 6.33 Å². The third-order valence-corrected chi connectivity index (χ3v) is 5.94. The highest BCUT2D eigenvalue weighted by atomic mass is 32.2. The predicted molar refractivity (Wildman–Crippen MR) is 121 cm³/mol. The van der Waals surface area contributed by atoms with Crippen molar-refractivity contribution in [1.29, 1.82) is 0 Å². The van der Waals surface area contributed by atoms with E-state index in [0.29, 0.717) is 0 Å².